The number of ether oxygens (including phenoxy) is 1. The fourth-order valence-corrected chi connectivity index (χ4v) is 0.988. The van der Waals surface area contributed by atoms with Gasteiger partial charge in [-0.15, -0.1) is 0 Å². The summed E-state index contributed by atoms with van der Waals surface area (Å²) in [5.74, 6) is -1.62. The Morgan fingerprint density at radius 2 is 2.08 bits per heavy atom. The molecule has 1 N–H and O–H groups in total. The molecule has 0 unspecified atom stereocenters. The number of benzene rings is 1. The first-order valence-electron chi connectivity index (χ1n) is 3.91. The summed E-state index contributed by atoms with van der Waals surface area (Å²) < 4.78 is 30.9. The van der Waals surface area contributed by atoms with E-state index in [1.54, 1.807) is 6.92 Å². The maximum absolute atomic E-state index is 13.2. The molecule has 1 aromatic carbocycles. The summed E-state index contributed by atoms with van der Waals surface area (Å²) in [6.07, 6.45) is 0. The average molecular weight is 188 g/mol. The van der Waals surface area contributed by atoms with E-state index < -0.39 is 18.2 Å². The van der Waals surface area contributed by atoms with Crippen molar-refractivity contribution in [2.75, 3.05) is 6.61 Å². The third-order valence-corrected chi connectivity index (χ3v) is 1.61. The molecule has 13 heavy (non-hydrogen) atoms. The SMILES string of the molecule is CCOc1ccc(F)c(CO)c1F. The van der Waals surface area contributed by atoms with E-state index in [9.17, 15) is 8.78 Å². The Morgan fingerprint density at radius 3 is 2.62 bits per heavy atom. The molecule has 0 spiro atoms. The van der Waals surface area contributed by atoms with Gasteiger partial charge in [-0.25, -0.2) is 8.78 Å². The summed E-state index contributed by atoms with van der Waals surface area (Å²) in [7, 11) is 0. The zero-order valence-corrected chi connectivity index (χ0v) is 7.18. The molecule has 72 valence electrons. The number of hydrogen-bond donors (Lipinski definition) is 1. The van der Waals surface area contributed by atoms with E-state index in [0.29, 0.717) is 6.61 Å². The average Bonchev–Trinajstić information content (AvgIpc) is 2.11. The molecule has 0 aromatic heterocycles. The lowest BCUT2D eigenvalue weighted by molar-refractivity contribution is 0.262. The minimum absolute atomic E-state index is 0.0343. The summed E-state index contributed by atoms with van der Waals surface area (Å²) in [4.78, 5) is 0. The molecule has 0 atom stereocenters. The summed E-state index contributed by atoms with van der Waals surface area (Å²) in [6.45, 7) is 1.33. The summed E-state index contributed by atoms with van der Waals surface area (Å²) in [5, 5.41) is 8.66. The van der Waals surface area contributed by atoms with Crippen molar-refractivity contribution in [3.8, 4) is 5.75 Å². The number of aliphatic hydroxyl groups is 1. The molecule has 0 saturated carbocycles. The summed E-state index contributed by atoms with van der Waals surface area (Å²) >= 11 is 0. The van der Waals surface area contributed by atoms with Crippen molar-refractivity contribution in [2.45, 2.75) is 13.5 Å². The van der Waals surface area contributed by atoms with Crippen molar-refractivity contribution in [1.82, 2.24) is 0 Å². The molecule has 0 radical (unpaired) electrons. The normalized spacial score (nSPS) is 10.2. The van der Waals surface area contributed by atoms with Gasteiger partial charge in [0.25, 0.3) is 0 Å². The van der Waals surface area contributed by atoms with Crippen molar-refractivity contribution in [3.05, 3.63) is 29.3 Å². The first-order chi connectivity index (χ1) is 6.20. The Balaban J connectivity index is 3.11. The highest BCUT2D eigenvalue weighted by Gasteiger charge is 2.12. The quantitative estimate of drug-likeness (QED) is 0.784. The van der Waals surface area contributed by atoms with Crippen LogP contribution >= 0.6 is 0 Å². The van der Waals surface area contributed by atoms with Crippen LogP contribution < -0.4 is 4.74 Å². The molecule has 0 aliphatic heterocycles. The minimum Gasteiger partial charge on any atom is -0.491 e. The monoisotopic (exact) mass is 188 g/mol. The second kappa shape index (κ2) is 4.18. The third-order valence-electron chi connectivity index (χ3n) is 1.61. The van der Waals surface area contributed by atoms with Gasteiger partial charge in [-0.3, -0.25) is 0 Å². The highest BCUT2D eigenvalue weighted by molar-refractivity contribution is 5.31. The molecule has 0 aliphatic carbocycles. The van der Waals surface area contributed by atoms with Crippen molar-refractivity contribution >= 4 is 0 Å². The van der Waals surface area contributed by atoms with Gasteiger partial charge in [-0.1, -0.05) is 0 Å². The van der Waals surface area contributed by atoms with Gasteiger partial charge in [-0.2, -0.15) is 0 Å². The van der Waals surface area contributed by atoms with E-state index in [-0.39, 0.29) is 11.3 Å². The van der Waals surface area contributed by atoms with E-state index >= 15 is 0 Å². The molecular formula is C9H10F2O2. The van der Waals surface area contributed by atoms with E-state index in [1.807, 2.05) is 0 Å². The zero-order chi connectivity index (χ0) is 9.84. The van der Waals surface area contributed by atoms with Crippen LogP contribution in [0.15, 0.2) is 12.1 Å². The van der Waals surface area contributed by atoms with Gasteiger partial charge < -0.3 is 9.84 Å². The molecular weight excluding hydrogens is 178 g/mol. The van der Waals surface area contributed by atoms with Crippen molar-refractivity contribution < 1.29 is 18.6 Å². The lowest BCUT2D eigenvalue weighted by atomic mass is 10.2. The largest absolute Gasteiger partial charge is 0.491 e. The maximum atomic E-state index is 13.2. The molecule has 1 rings (SSSR count). The molecule has 0 aliphatic rings. The van der Waals surface area contributed by atoms with Gasteiger partial charge in [0.05, 0.1) is 18.8 Å². The Morgan fingerprint density at radius 1 is 1.38 bits per heavy atom. The maximum Gasteiger partial charge on any atom is 0.173 e. The minimum atomic E-state index is -0.829. The second-order valence-electron chi connectivity index (χ2n) is 2.43. The molecule has 0 fully saturated rings. The van der Waals surface area contributed by atoms with Crippen molar-refractivity contribution in [1.29, 1.82) is 0 Å². The van der Waals surface area contributed by atoms with E-state index in [1.165, 1.54) is 6.07 Å². The molecule has 0 bridgehead atoms. The number of rotatable bonds is 3. The van der Waals surface area contributed by atoms with Crippen LogP contribution in [0.1, 0.15) is 12.5 Å². The lowest BCUT2D eigenvalue weighted by Crippen LogP contribution is -2.01. The Bertz CT molecular complexity index is 300. The predicted octanol–water partition coefficient (Wildman–Crippen LogP) is 1.86. The van der Waals surface area contributed by atoms with Crippen LogP contribution in [0.3, 0.4) is 0 Å². The van der Waals surface area contributed by atoms with Gasteiger partial charge in [0.1, 0.15) is 5.82 Å². The fraction of sp³-hybridized carbons (Fsp3) is 0.333. The summed E-state index contributed by atoms with van der Waals surface area (Å²) in [5.41, 5.74) is -0.356. The smallest absolute Gasteiger partial charge is 0.173 e. The molecule has 0 saturated heterocycles. The van der Waals surface area contributed by atoms with Crippen LogP contribution in [0.25, 0.3) is 0 Å². The Hall–Kier alpha value is -1.16. The first-order valence-corrected chi connectivity index (χ1v) is 3.91. The van der Waals surface area contributed by atoms with Crippen molar-refractivity contribution in [3.63, 3.8) is 0 Å². The lowest BCUT2D eigenvalue weighted by Gasteiger charge is -2.07. The van der Waals surface area contributed by atoms with Crippen LogP contribution in [0.5, 0.6) is 5.75 Å². The van der Waals surface area contributed by atoms with Crippen LogP contribution in [-0.4, -0.2) is 11.7 Å². The zero-order valence-electron chi connectivity index (χ0n) is 7.18. The van der Waals surface area contributed by atoms with E-state index in [4.69, 9.17) is 9.84 Å². The van der Waals surface area contributed by atoms with E-state index in [0.717, 1.165) is 6.07 Å². The van der Waals surface area contributed by atoms with Gasteiger partial charge >= 0.3 is 0 Å². The van der Waals surface area contributed by atoms with Gasteiger partial charge in [-0.05, 0) is 19.1 Å². The highest BCUT2D eigenvalue weighted by atomic mass is 19.1. The predicted molar refractivity (Wildman–Crippen MR) is 43.4 cm³/mol. The second-order valence-corrected chi connectivity index (χ2v) is 2.43. The van der Waals surface area contributed by atoms with Crippen LogP contribution in [0.4, 0.5) is 8.78 Å². The molecule has 0 amide bonds. The van der Waals surface area contributed by atoms with Gasteiger partial charge in [0.2, 0.25) is 0 Å². The van der Waals surface area contributed by atoms with Crippen LogP contribution in [0.2, 0.25) is 0 Å². The Labute approximate surface area is 74.8 Å². The standard InChI is InChI=1S/C9H10F2O2/c1-2-13-8-4-3-7(10)6(5-12)9(8)11/h3-4,12H,2,5H2,1H3. The number of hydrogen-bond acceptors (Lipinski definition) is 2. The first kappa shape index (κ1) is 9.92. The molecule has 2 nitrogen and oxygen atoms in total. The summed E-state index contributed by atoms with van der Waals surface area (Å²) in [6, 6.07) is 2.27. The molecule has 1 aromatic rings. The van der Waals surface area contributed by atoms with Crippen LogP contribution in [0, 0.1) is 11.6 Å². The molecule has 4 heteroatoms. The Kier molecular flexibility index (Phi) is 3.19. The fourth-order valence-electron chi connectivity index (χ4n) is 0.988. The van der Waals surface area contributed by atoms with Gasteiger partial charge in [0, 0.05) is 0 Å². The number of aliphatic hydroxyl groups excluding tert-OH is 1. The molecule has 0 heterocycles. The van der Waals surface area contributed by atoms with Crippen LogP contribution in [-0.2, 0) is 6.61 Å². The van der Waals surface area contributed by atoms with Crippen molar-refractivity contribution in [2.24, 2.45) is 0 Å². The topological polar surface area (TPSA) is 29.5 Å². The third kappa shape index (κ3) is 1.95. The van der Waals surface area contributed by atoms with E-state index in [2.05, 4.69) is 0 Å². The number of halogens is 2. The van der Waals surface area contributed by atoms with Gasteiger partial charge in [0.15, 0.2) is 11.6 Å². The highest BCUT2D eigenvalue weighted by Crippen LogP contribution is 2.22.